The van der Waals surface area contributed by atoms with Crippen LogP contribution in [0.15, 0.2) is 0 Å². The van der Waals surface area contributed by atoms with Crippen LogP contribution in [0.1, 0.15) is 260 Å². The Labute approximate surface area is 367 Å². The summed E-state index contributed by atoms with van der Waals surface area (Å²) in [6.07, 6.45) is 35.8. The van der Waals surface area contributed by atoms with Crippen molar-refractivity contribution < 1.29 is 42.9 Å². The summed E-state index contributed by atoms with van der Waals surface area (Å²) in [6.45, 7) is 10.4. The molecule has 0 radical (unpaired) electrons. The summed E-state index contributed by atoms with van der Waals surface area (Å²) in [7, 11) is 0. The fraction of sp³-hybridized carbons (Fsp3) is 0.900. The molecule has 10 nitrogen and oxygen atoms in total. The third-order valence-electron chi connectivity index (χ3n) is 10.9. The van der Waals surface area contributed by atoms with E-state index < -0.39 is 35.8 Å². The molecule has 2 unspecified atom stereocenters. The number of ketones is 1. The van der Waals surface area contributed by atoms with E-state index in [9.17, 15) is 24.0 Å². The quantitative estimate of drug-likeness (QED) is 0.0362. The van der Waals surface area contributed by atoms with Gasteiger partial charge in [0.15, 0.2) is 6.10 Å². The standard InChI is InChI=1S/C50H93NO9/c1-7-9-11-13-15-17-19-21-23-25-27-29-31-33-35-37-46(53)57-41-44(42-58-48(55)45(40-39-43(3)52)51-49(56)60-50(4,5)6)59-47(54)38-36-34-32-30-28-26-24-22-20-18-16-14-12-10-8-2/h44-45H,7-42H2,1-6H3,(H,51,56). The van der Waals surface area contributed by atoms with E-state index in [0.717, 1.165) is 38.5 Å². The molecule has 1 N–H and O–H groups in total. The zero-order valence-electron chi connectivity index (χ0n) is 39.8. The van der Waals surface area contributed by atoms with Gasteiger partial charge in [0.2, 0.25) is 0 Å². The topological polar surface area (TPSA) is 134 Å². The Morgan fingerprint density at radius 1 is 0.467 bits per heavy atom. The highest BCUT2D eigenvalue weighted by molar-refractivity contribution is 5.83. The van der Waals surface area contributed by atoms with Crippen molar-refractivity contribution in [2.24, 2.45) is 0 Å². The zero-order chi connectivity index (χ0) is 44.5. The van der Waals surface area contributed by atoms with E-state index in [0.29, 0.717) is 6.42 Å². The molecule has 0 fully saturated rings. The summed E-state index contributed by atoms with van der Waals surface area (Å²) in [5.41, 5.74) is -0.790. The van der Waals surface area contributed by atoms with Crippen LogP contribution >= 0.6 is 0 Å². The molecule has 0 aromatic carbocycles. The van der Waals surface area contributed by atoms with E-state index in [1.165, 1.54) is 155 Å². The van der Waals surface area contributed by atoms with Crippen LogP contribution < -0.4 is 5.32 Å². The van der Waals surface area contributed by atoms with E-state index >= 15 is 0 Å². The Bertz CT molecular complexity index is 1070. The first kappa shape index (κ1) is 57.3. The van der Waals surface area contributed by atoms with Crippen molar-refractivity contribution in [3.63, 3.8) is 0 Å². The molecule has 352 valence electrons. The van der Waals surface area contributed by atoms with Crippen LogP contribution in [0.2, 0.25) is 0 Å². The van der Waals surface area contributed by atoms with Crippen molar-refractivity contribution in [1.29, 1.82) is 0 Å². The molecule has 0 spiro atoms. The second kappa shape index (κ2) is 40.4. The van der Waals surface area contributed by atoms with Crippen LogP contribution in [0.25, 0.3) is 0 Å². The number of alkyl carbamates (subject to hydrolysis) is 1. The molecule has 60 heavy (non-hydrogen) atoms. The van der Waals surface area contributed by atoms with Gasteiger partial charge in [0, 0.05) is 19.3 Å². The minimum Gasteiger partial charge on any atom is -0.462 e. The van der Waals surface area contributed by atoms with Gasteiger partial charge in [-0.25, -0.2) is 9.59 Å². The molecule has 2 atom stereocenters. The van der Waals surface area contributed by atoms with Gasteiger partial charge in [-0.3, -0.25) is 9.59 Å². The van der Waals surface area contributed by atoms with Crippen LogP contribution in [0.3, 0.4) is 0 Å². The average Bonchev–Trinajstić information content (AvgIpc) is 3.19. The van der Waals surface area contributed by atoms with Gasteiger partial charge < -0.3 is 29.1 Å². The second-order valence-corrected chi connectivity index (χ2v) is 18.3. The summed E-state index contributed by atoms with van der Waals surface area (Å²) in [6, 6.07) is -1.15. The number of nitrogens with one attached hydrogen (secondary N) is 1. The third-order valence-corrected chi connectivity index (χ3v) is 10.9. The number of rotatable bonds is 42. The molecule has 0 aromatic heterocycles. The maximum absolute atomic E-state index is 13.1. The lowest BCUT2D eigenvalue weighted by atomic mass is 10.0. The molecule has 0 aromatic rings. The van der Waals surface area contributed by atoms with Crippen LogP contribution in [-0.2, 0) is 38.1 Å². The molecular formula is C50H93NO9. The molecule has 1 amide bonds. The van der Waals surface area contributed by atoms with Crippen molar-refractivity contribution >= 4 is 29.8 Å². The summed E-state index contributed by atoms with van der Waals surface area (Å²) >= 11 is 0. The predicted octanol–water partition coefficient (Wildman–Crippen LogP) is 13.8. The number of esters is 3. The maximum Gasteiger partial charge on any atom is 0.408 e. The van der Waals surface area contributed by atoms with Crippen molar-refractivity contribution in [2.75, 3.05) is 13.2 Å². The van der Waals surface area contributed by atoms with Gasteiger partial charge >= 0.3 is 24.0 Å². The molecule has 0 saturated carbocycles. The summed E-state index contributed by atoms with van der Waals surface area (Å²) < 4.78 is 22.0. The Balaban J connectivity index is 4.73. The van der Waals surface area contributed by atoms with Crippen LogP contribution in [0.5, 0.6) is 0 Å². The smallest absolute Gasteiger partial charge is 0.408 e. The molecule has 0 bridgehead atoms. The molecule has 0 aliphatic heterocycles. The van der Waals surface area contributed by atoms with E-state index in [2.05, 4.69) is 19.2 Å². The zero-order valence-corrected chi connectivity index (χ0v) is 39.8. The first-order valence-corrected chi connectivity index (χ1v) is 24.9. The average molecular weight is 852 g/mol. The fourth-order valence-corrected chi connectivity index (χ4v) is 7.22. The second-order valence-electron chi connectivity index (χ2n) is 18.3. The lowest BCUT2D eigenvalue weighted by molar-refractivity contribution is -0.167. The minimum absolute atomic E-state index is 0.0191. The van der Waals surface area contributed by atoms with Gasteiger partial charge in [-0.1, -0.05) is 194 Å². The van der Waals surface area contributed by atoms with Gasteiger partial charge in [-0.15, -0.1) is 0 Å². The van der Waals surface area contributed by atoms with Crippen LogP contribution in [0, 0.1) is 0 Å². The van der Waals surface area contributed by atoms with Crippen molar-refractivity contribution in [2.45, 2.75) is 278 Å². The molecule has 0 saturated heterocycles. The van der Waals surface area contributed by atoms with Crippen molar-refractivity contribution in [1.82, 2.24) is 5.32 Å². The Kier molecular flexibility index (Phi) is 38.6. The Morgan fingerprint density at radius 2 is 0.817 bits per heavy atom. The number of carbonyl (C=O) groups excluding carboxylic acids is 5. The lowest BCUT2D eigenvalue weighted by Crippen LogP contribution is -2.45. The molecule has 0 aliphatic carbocycles. The predicted molar refractivity (Wildman–Crippen MR) is 244 cm³/mol. The monoisotopic (exact) mass is 852 g/mol. The highest BCUT2D eigenvalue weighted by atomic mass is 16.6. The number of unbranched alkanes of at least 4 members (excludes halogenated alkanes) is 28. The van der Waals surface area contributed by atoms with Crippen molar-refractivity contribution in [3.05, 3.63) is 0 Å². The first-order valence-electron chi connectivity index (χ1n) is 24.9. The van der Waals surface area contributed by atoms with E-state index in [-0.39, 0.29) is 50.6 Å². The highest BCUT2D eigenvalue weighted by Crippen LogP contribution is 2.17. The SMILES string of the molecule is CCCCCCCCCCCCCCCCCC(=O)OCC(COC(=O)C(CCC(C)=O)NC(=O)OC(C)(C)C)OC(=O)CCCCCCCCCCCCCCCCC. The van der Waals surface area contributed by atoms with E-state index in [1.54, 1.807) is 20.8 Å². The Hall–Kier alpha value is -2.65. The molecule has 10 heteroatoms. The largest absolute Gasteiger partial charge is 0.462 e. The van der Waals surface area contributed by atoms with E-state index in [1.807, 2.05) is 0 Å². The molecule has 0 rings (SSSR count). The lowest BCUT2D eigenvalue weighted by Gasteiger charge is -2.23. The maximum atomic E-state index is 13.1. The highest BCUT2D eigenvalue weighted by Gasteiger charge is 2.28. The fourth-order valence-electron chi connectivity index (χ4n) is 7.22. The van der Waals surface area contributed by atoms with Gasteiger partial charge in [0.25, 0.3) is 0 Å². The normalized spacial score (nSPS) is 12.4. The summed E-state index contributed by atoms with van der Waals surface area (Å²) in [5, 5.41) is 2.50. The molecule has 0 aliphatic rings. The number of Topliss-reactive ketones (excluding diaryl/α,β-unsaturated/α-hetero) is 1. The van der Waals surface area contributed by atoms with Gasteiger partial charge in [-0.2, -0.15) is 0 Å². The van der Waals surface area contributed by atoms with Crippen LogP contribution in [-0.4, -0.2) is 60.7 Å². The van der Waals surface area contributed by atoms with E-state index in [4.69, 9.17) is 18.9 Å². The van der Waals surface area contributed by atoms with Gasteiger partial charge in [0.1, 0.15) is 30.6 Å². The Morgan fingerprint density at radius 3 is 1.18 bits per heavy atom. The summed E-state index contributed by atoms with van der Waals surface area (Å²) in [5.74, 6) is -1.77. The number of hydrogen-bond donors (Lipinski definition) is 1. The number of ether oxygens (including phenoxy) is 4. The first-order chi connectivity index (χ1) is 28.9. The third kappa shape index (κ3) is 40.7. The van der Waals surface area contributed by atoms with Gasteiger partial charge in [-0.05, 0) is 47.0 Å². The van der Waals surface area contributed by atoms with Gasteiger partial charge in [0.05, 0.1) is 0 Å². The van der Waals surface area contributed by atoms with Crippen molar-refractivity contribution in [3.8, 4) is 0 Å². The van der Waals surface area contributed by atoms with Crippen LogP contribution in [0.4, 0.5) is 4.79 Å². The molecule has 0 heterocycles. The number of carbonyl (C=O) groups is 5. The minimum atomic E-state index is -1.15. The number of hydrogen-bond acceptors (Lipinski definition) is 9. The number of amides is 1. The molecular weight excluding hydrogens is 759 g/mol. The summed E-state index contributed by atoms with van der Waals surface area (Å²) in [4.78, 5) is 62.8.